The number of thiocarbonyl (C=S) groups is 1. The van der Waals surface area contributed by atoms with Crippen molar-refractivity contribution in [3.63, 3.8) is 0 Å². The summed E-state index contributed by atoms with van der Waals surface area (Å²) in [5.41, 5.74) is 4.10. The predicted molar refractivity (Wildman–Crippen MR) is 95.2 cm³/mol. The highest BCUT2D eigenvalue weighted by atomic mass is 32.1. The van der Waals surface area contributed by atoms with Crippen LogP contribution in [-0.4, -0.2) is 22.2 Å². The van der Waals surface area contributed by atoms with Gasteiger partial charge in [0.25, 0.3) is 0 Å². The smallest absolute Gasteiger partial charge is 0.166 e. The fourth-order valence-electron chi connectivity index (χ4n) is 3.99. The van der Waals surface area contributed by atoms with Crippen LogP contribution in [0.25, 0.3) is 10.9 Å². The molecule has 0 bridgehead atoms. The molecular formula is C18H23N3S. The lowest BCUT2D eigenvalue weighted by Crippen LogP contribution is -2.47. The molecule has 4 rings (SSSR count). The van der Waals surface area contributed by atoms with E-state index in [0.717, 1.165) is 18.0 Å². The third-order valence-corrected chi connectivity index (χ3v) is 5.31. The first kappa shape index (κ1) is 14.1. The lowest BCUT2D eigenvalue weighted by Gasteiger charge is -2.25. The largest absolute Gasteiger partial charge is 0.360 e. The predicted octanol–water partition coefficient (Wildman–Crippen LogP) is 3.43. The van der Waals surface area contributed by atoms with E-state index in [4.69, 9.17) is 12.2 Å². The van der Waals surface area contributed by atoms with Gasteiger partial charge in [-0.3, -0.25) is 0 Å². The standard InChI is InChI=1S/C18H23N3S/c22-18(19-12-6-2-1-3-7-12)20-13-10-15-14-8-4-5-9-16(14)21-17(15)11-13/h4-5,8-9,12-13,21H,1-3,6-7,10-11H2,(H2,19,20,22). The van der Waals surface area contributed by atoms with E-state index >= 15 is 0 Å². The summed E-state index contributed by atoms with van der Waals surface area (Å²) >= 11 is 5.52. The summed E-state index contributed by atoms with van der Waals surface area (Å²) in [6, 6.07) is 9.58. The van der Waals surface area contributed by atoms with Crippen LogP contribution in [0.2, 0.25) is 0 Å². The Morgan fingerprint density at radius 1 is 1.00 bits per heavy atom. The molecule has 3 nitrogen and oxygen atoms in total. The zero-order chi connectivity index (χ0) is 14.9. The van der Waals surface area contributed by atoms with Gasteiger partial charge in [-0.25, -0.2) is 0 Å². The molecule has 1 unspecified atom stereocenters. The Bertz CT molecular complexity index is 685. The molecule has 116 valence electrons. The second-order valence-electron chi connectivity index (χ2n) is 6.69. The quantitative estimate of drug-likeness (QED) is 0.744. The van der Waals surface area contributed by atoms with Crippen LogP contribution in [0.5, 0.6) is 0 Å². The van der Waals surface area contributed by atoms with Crippen molar-refractivity contribution in [2.24, 2.45) is 0 Å². The van der Waals surface area contributed by atoms with Crippen molar-refractivity contribution in [2.45, 2.75) is 57.0 Å². The molecule has 1 aromatic carbocycles. The van der Waals surface area contributed by atoms with Crippen molar-refractivity contribution in [3.05, 3.63) is 35.5 Å². The Kier molecular flexibility index (Phi) is 3.78. The average Bonchev–Trinajstić information content (AvgIpc) is 3.05. The molecule has 3 N–H and O–H groups in total. The highest BCUT2D eigenvalue weighted by Crippen LogP contribution is 2.29. The van der Waals surface area contributed by atoms with Gasteiger partial charge < -0.3 is 15.6 Å². The van der Waals surface area contributed by atoms with Gasteiger partial charge in [0.05, 0.1) is 0 Å². The molecule has 1 heterocycles. The molecule has 0 spiro atoms. The van der Waals surface area contributed by atoms with Gasteiger partial charge in [-0.15, -0.1) is 0 Å². The maximum Gasteiger partial charge on any atom is 0.166 e. The molecule has 0 radical (unpaired) electrons. The van der Waals surface area contributed by atoms with Crippen molar-refractivity contribution in [1.82, 2.24) is 15.6 Å². The van der Waals surface area contributed by atoms with Crippen molar-refractivity contribution in [3.8, 4) is 0 Å². The minimum Gasteiger partial charge on any atom is -0.360 e. The molecule has 1 atom stereocenters. The Balaban J connectivity index is 1.37. The topological polar surface area (TPSA) is 39.8 Å². The van der Waals surface area contributed by atoms with Gasteiger partial charge in [-0.05, 0) is 43.1 Å². The number of hydrogen-bond acceptors (Lipinski definition) is 1. The van der Waals surface area contributed by atoms with E-state index in [0.29, 0.717) is 12.1 Å². The van der Waals surface area contributed by atoms with Crippen molar-refractivity contribution < 1.29 is 0 Å². The zero-order valence-electron chi connectivity index (χ0n) is 12.8. The molecule has 1 fully saturated rings. The molecule has 2 aliphatic rings. The minimum atomic E-state index is 0.425. The molecule has 1 saturated carbocycles. The first-order chi connectivity index (χ1) is 10.8. The summed E-state index contributed by atoms with van der Waals surface area (Å²) in [6.07, 6.45) is 8.66. The van der Waals surface area contributed by atoms with Crippen LogP contribution in [0.4, 0.5) is 0 Å². The summed E-state index contributed by atoms with van der Waals surface area (Å²) in [4.78, 5) is 3.56. The Labute approximate surface area is 136 Å². The molecule has 1 aromatic heterocycles. The van der Waals surface area contributed by atoms with E-state index in [1.54, 1.807) is 0 Å². The third kappa shape index (κ3) is 2.72. The van der Waals surface area contributed by atoms with Crippen molar-refractivity contribution >= 4 is 28.2 Å². The van der Waals surface area contributed by atoms with Gasteiger partial charge >= 0.3 is 0 Å². The van der Waals surface area contributed by atoms with E-state index in [1.807, 2.05) is 0 Å². The summed E-state index contributed by atoms with van der Waals surface area (Å²) in [5.74, 6) is 0. The van der Waals surface area contributed by atoms with Crippen LogP contribution < -0.4 is 10.6 Å². The highest BCUT2D eigenvalue weighted by molar-refractivity contribution is 7.80. The van der Waals surface area contributed by atoms with E-state index in [1.165, 1.54) is 54.3 Å². The molecule has 0 amide bonds. The van der Waals surface area contributed by atoms with Crippen LogP contribution in [0.1, 0.15) is 43.4 Å². The van der Waals surface area contributed by atoms with Crippen molar-refractivity contribution in [2.75, 3.05) is 0 Å². The second-order valence-corrected chi connectivity index (χ2v) is 7.09. The Morgan fingerprint density at radius 2 is 1.77 bits per heavy atom. The molecule has 0 saturated heterocycles. The summed E-state index contributed by atoms with van der Waals surface area (Å²) in [7, 11) is 0. The SMILES string of the molecule is S=C(NC1CCCCC1)NC1Cc2[nH]c3ccccc3c2C1. The molecule has 22 heavy (non-hydrogen) atoms. The summed E-state index contributed by atoms with van der Waals surface area (Å²) in [6.45, 7) is 0. The Morgan fingerprint density at radius 3 is 2.64 bits per heavy atom. The lowest BCUT2D eigenvalue weighted by molar-refractivity contribution is 0.410. The molecule has 4 heteroatoms. The Hall–Kier alpha value is -1.55. The van der Waals surface area contributed by atoms with Gasteiger partial charge in [-0.2, -0.15) is 0 Å². The second kappa shape index (κ2) is 5.92. The van der Waals surface area contributed by atoms with Gasteiger partial charge in [0.1, 0.15) is 0 Å². The monoisotopic (exact) mass is 313 g/mol. The lowest BCUT2D eigenvalue weighted by atomic mass is 9.96. The van der Waals surface area contributed by atoms with Gasteiger partial charge in [-0.1, -0.05) is 37.5 Å². The van der Waals surface area contributed by atoms with Crippen LogP contribution in [0.3, 0.4) is 0 Å². The number of fused-ring (bicyclic) bond motifs is 3. The number of benzene rings is 1. The number of hydrogen-bond donors (Lipinski definition) is 3. The van der Waals surface area contributed by atoms with Crippen LogP contribution in [-0.2, 0) is 12.8 Å². The van der Waals surface area contributed by atoms with Gasteiger partial charge in [0, 0.05) is 35.1 Å². The maximum absolute atomic E-state index is 5.52. The first-order valence-electron chi connectivity index (χ1n) is 8.45. The van der Waals surface area contributed by atoms with E-state index in [9.17, 15) is 0 Å². The average molecular weight is 313 g/mol. The van der Waals surface area contributed by atoms with E-state index < -0.39 is 0 Å². The molecule has 2 aromatic rings. The van der Waals surface area contributed by atoms with Crippen LogP contribution in [0.15, 0.2) is 24.3 Å². The summed E-state index contributed by atoms with van der Waals surface area (Å²) in [5, 5.41) is 9.24. The first-order valence-corrected chi connectivity index (χ1v) is 8.86. The van der Waals surface area contributed by atoms with Crippen LogP contribution >= 0.6 is 12.2 Å². The van der Waals surface area contributed by atoms with Gasteiger partial charge in [0.2, 0.25) is 0 Å². The fraction of sp³-hybridized carbons (Fsp3) is 0.500. The van der Waals surface area contributed by atoms with Crippen molar-refractivity contribution in [1.29, 1.82) is 0 Å². The highest BCUT2D eigenvalue weighted by Gasteiger charge is 2.26. The normalized spacial score (nSPS) is 21.7. The van der Waals surface area contributed by atoms with E-state index in [2.05, 4.69) is 39.9 Å². The summed E-state index contributed by atoms with van der Waals surface area (Å²) < 4.78 is 0. The van der Waals surface area contributed by atoms with Crippen LogP contribution in [0, 0.1) is 0 Å². The number of nitrogens with one attached hydrogen (secondary N) is 3. The molecular weight excluding hydrogens is 290 g/mol. The minimum absolute atomic E-state index is 0.425. The maximum atomic E-state index is 5.52. The number of aromatic amines is 1. The number of H-pyrrole nitrogens is 1. The third-order valence-electron chi connectivity index (χ3n) is 5.08. The molecule has 2 aliphatic carbocycles. The van der Waals surface area contributed by atoms with Gasteiger partial charge in [0.15, 0.2) is 5.11 Å². The zero-order valence-corrected chi connectivity index (χ0v) is 13.6. The number of rotatable bonds is 2. The fourth-order valence-corrected chi connectivity index (χ4v) is 4.32. The van der Waals surface area contributed by atoms with E-state index in [-0.39, 0.29) is 0 Å². The molecule has 0 aliphatic heterocycles. The number of para-hydroxylation sites is 1. The number of aromatic nitrogens is 1.